The van der Waals surface area contributed by atoms with Crippen molar-refractivity contribution in [2.24, 2.45) is 5.11 Å². The zero-order valence-corrected chi connectivity index (χ0v) is 16.5. The number of azide groups is 1. The first kappa shape index (κ1) is 24.8. The molecule has 1 aliphatic rings. The van der Waals surface area contributed by atoms with Crippen LogP contribution in [0.2, 0.25) is 0 Å². The van der Waals surface area contributed by atoms with Gasteiger partial charge in [0, 0.05) is 36.3 Å². The fourth-order valence-corrected chi connectivity index (χ4v) is 3.70. The summed E-state index contributed by atoms with van der Waals surface area (Å²) >= 11 is 0. The molecule has 0 saturated carbocycles. The van der Waals surface area contributed by atoms with Gasteiger partial charge in [-0.3, -0.25) is 10.1 Å². The van der Waals surface area contributed by atoms with Gasteiger partial charge >= 0.3 is 0 Å². The predicted molar refractivity (Wildman–Crippen MR) is 103 cm³/mol. The van der Waals surface area contributed by atoms with Crippen LogP contribution in [0.15, 0.2) is 29.4 Å². The predicted octanol–water partition coefficient (Wildman–Crippen LogP) is -0.0309. The Bertz CT molecular complexity index is 921. The lowest BCUT2D eigenvalue weighted by atomic mass is 9.62. The molecule has 14 nitrogen and oxygen atoms in total. The summed E-state index contributed by atoms with van der Waals surface area (Å²) in [6.45, 7) is -0.640. The van der Waals surface area contributed by atoms with Crippen molar-refractivity contribution >= 4 is 24.5 Å². The Morgan fingerprint density at radius 2 is 1.66 bits per heavy atom. The second-order valence-electron chi connectivity index (χ2n) is 7.06. The standard InChI is InChI=1S/C18H20N4O10/c19-21-20-11-14-16(26,5-8-23)18(28,7-10-25)17(27,6-9-24)15(32-14)31-13-3-1-12(2-4-13)22(29)30/h1-4,8-10,14-15,26-28H,5-7,11H2/t14-,15+,16+,17+,18+/m1/s1. The summed E-state index contributed by atoms with van der Waals surface area (Å²) in [5.74, 6) is -0.0956. The fourth-order valence-electron chi connectivity index (χ4n) is 3.70. The summed E-state index contributed by atoms with van der Waals surface area (Å²) in [6.07, 6.45) is -5.74. The van der Waals surface area contributed by atoms with Crippen LogP contribution in [0.4, 0.5) is 5.69 Å². The molecule has 0 spiro atoms. The molecule has 3 N–H and O–H groups in total. The molecular formula is C18H20N4O10. The lowest BCUT2D eigenvalue weighted by Crippen LogP contribution is -2.81. The summed E-state index contributed by atoms with van der Waals surface area (Å²) in [6, 6.07) is 4.45. The van der Waals surface area contributed by atoms with Gasteiger partial charge in [-0.05, 0) is 17.7 Å². The molecule has 172 valence electrons. The van der Waals surface area contributed by atoms with Gasteiger partial charge in [-0.25, -0.2) is 0 Å². The first-order valence-electron chi connectivity index (χ1n) is 9.19. The normalized spacial score (nSPS) is 31.7. The number of aliphatic hydroxyl groups is 3. The Balaban J connectivity index is 2.61. The first-order valence-corrected chi connectivity index (χ1v) is 9.19. The van der Waals surface area contributed by atoms with Gasteiger partial charge in [0.1, 0.15) is 35.8 Å². The molecule has 0 aliphatic carbocycles. The van der Waals surface area contributed by atoms with Gasteiger partial charge in [0.15, 0.2) is 5.60 Å². The largest absolute Gasteiger partial charge is 0.462 e. The quantitative estimate of drug-likeness (QED) is 0.101. The molecular weight excluding hydrogens is 432 g/mol. The number of nitro groups is 1. The maximum absolute atomic E-state index is 11.4. The Morgan fingerprint density at radius 3 is 2.16 bits per heavy atom. The number of aldehydes is 3. The molecule has 0 aromatic heterocycles. The number of non-ortho nitro benzene ring substituents is 1. The molecule has 0 amide bonds. The topological polar surface area (TPSA) is 222 Å². The van der Waals surface area contributed by atoms with Gasteiger partial charge in [0.2, 0.25) is 6.29 Å². The van der Waals surface area contributed by atoms with Crippen molar-refractivity contribution in [1.82, 2.24) is 0 Å². The highest BCUT2D eigenvalue weighted by Gasteiger charge is 2.72. The highest BCUT2D eigenvalue weighted by molar-refractivity contribution is 5.60. The second-order valence-corrected chi connectivity index (χ2v) is 7.06. The molecule has 2 rings (SSSR count). The van der Waals surface area contributed by atoms with E-state index in [1.165, 1.54) is 0 Å². The van der Waals surface area contributed by atoms with E-state index in [4.69, 9.17) is 15.0 Å². The third kappa shape index (κ3) is 4.17. The summed E-state index contributed by atoms with van der Waals surface area (Å²) in [4.78, 5) is 46.7. The number of rotatable bonds is 11. The fraction of sp³-hybridized carbons (Fsp3) is 0.500. The molecule has 5 atom stereocenters. The van der Waals surface area contributed by atoms with Crippen LogP contribution < -0.4 is 4.74 Å². The van der Waals surface area contributed by atoms with E-state index in [0.717, 1.165) is 24.3 Å². The van der Waals surface area contributed by atoms with Crippen LogP contribution in [-0.4, -0.2) is 74.8 Å². The summed E-state index contributed by atoms with van der Waals surface area (Å²) in [5.41, 5.74) is 0.0904. The van der Waals surface area contributed by atoms with Crippen molar-refractivity contribution in [1.29, 1.82) is 0 Å². The number of carbonyl (C=O) groups is 3. The van der Waals surface area contributed by atoms with Crippen molar-refractivity contribution < 1.29 is 44.1 Å². The van der Waals surface area contributed by atoms with E-state index < -0.39 is 59.9 Å². The van der Waals surface area contributed by atoms with Gasteiger partial charge in [0.25, 0.3) is 5.69 Å². The molecule has 1 aromatic rings. The molecule has 1 heterocycles. The smallest absolute Gasteiger partial charge is 0.269 e. The van der Waals surface area contributed by atoms with Crippen molar-refractivity contribution in [3.8, 4) is 5.75 Å². The molecule has 1 aliphatic heterocycles. The minimum atomic E-state index is -2.86. The Hall–Kier alpha value is -3.42. The third-order valence-corrected chi connectivity index (χ3v) is 5.41. The molecule has 1 fully saturated rings. The van der Waals surface area contributed by atoms with Gasteiger partial charge in [-0.1, -0.05) is 5.11 Å². The lowest BCUT2D eigenvalue weighted by molar-refractivity contribution is -0.385. The number of ether oxygens (including phenoxy) is 2. The third-order valence-electron chi connectivity index (χ3n) is 5.41. The Labute approximate surface area is 180 Å². The molecule has 0 unspecified atom stereocenters. The summed E-state index contributed by atoms with van der Waals surface area (Å²) in [5, 5.41) is 48.0. The van der Waals surface area contributed by atoms with Crippen molar-refractivity contribution in [3.63, 3.8) is 0 Å². The van der Waals surface area contributed by atoms with E-state index in [1.807, 2.05) is 0 Å². The Morgan fingerprint density at radius 1 is 1.09 bits per heavy atom. The van der Waals surface area contributed by atoms with Gasteiger partial charge < -0.3 is 39.2 Å². The molecule has 14 heteroatoms. The van der Waals surface area contributed by atoms with Crippen molar-refractivity contribution in [2.75, 3.05) is 6.54 Å². The van der Waals surface area contributed by atoms with Crippen molar-refractivity contribution in [2.45, 2.75) is 48.5 Å². The molecule has 0 radical (unpaired) electrons. The number of carbonyl (C=O) groups excluding carboxylic acids is 3. The highest BCUT2D eigenvalue weighted by atomic mass is 16.7. The van der Waals surface area contributed by atoms with Gasteiger partial charge in [0.05, 0.1) is 17.6 Å². The maximum atomic E-state index is 11.4. The van der Waals surface area contributed by atoms with Gasteiger partial charge in [-0.2, -0.15) is 0 Å². The Kier molecular flexibility index (Phi) is 7.61. The SMILES string of the molecule is [N-]=[N+]=NC[C@H]1O[C@H](Oc2ccc([N+](=O)[O-])cc2)[C@@](O)(CC=O)[C@](O)(CC=O)[C@]1(O)CC=O. The van der Waals surface area contributed by atoms with Crippen LogP contribution in [0.25, 0.3) is 10.4 Å². The minimum absolute atomic E-state index is 0.0956. The highest BCUT2D eigenvalue weighted by Crippen LogP contribution is 2.49. The van der Waals surface area contributed by atoms with Crippen LogP contribution in [0.1, 0.15) is 19.3 Å². The van der Waals surface area contributed by atoms with E-state index in [1.54, 1.807) is 0 Å². The number of nitro benzene ring substituents is 1. The molecule has 0 bridgehead atoms. The summed E-state index contributed by atoms with van der Waals surface area (Å²) in [7, 11) is 0. The molecule has 1 aromatic carbocycles. The number of nitrogens with zero attached hydrogens (tertiary/aromatic N) is 4. The van der Waals surface area contributed by atoms with E-state index in [0.29, 0.717) is 0 Å². The maximum Gasteiger partial charge on any atom is 0.269 e. The first-order chi connectivity index (χ1) is 15.1. The second kappa shape index (κ2) is 9.80. The van der Waals surface area contributed by atoms with Crippen LogP contribution in [-0.2, 0) is 19.1 Å². The van der Waals surface area contributed by atoms with Crippen LogP contribution in [0.5, 0.6) is 5.75 Å². The van der Waals surface area contributed by atoms with E-state index in [9.17, 15) is 39.8 Å². The number of hydrogen-bond donors (Lipinski definition) is 3. The minimum Gasteiger partial charge on any atom is -0.462 e. The zero-order chi connectivity index (χ0) is 24.0. The number of hydrogen-bond acceptors (Lipinski definition) is 11. The summed E-state index contributed by atoms with van der Waals surface area (Å²) < 4.78 is 11.1. The van der Waals surface area contributed by atoms with Crippen molar-refractivity contribution in [3.05, 3.63) is 44.8 Å². The van der Waals surface area contributed by atoms with E-state index in [2.05, 4.69) is 10.0 Å². The number of benzene rings is 1. The van der Waals surface area contributed by atoms with Crippen LogP contribution >= 0.6 is 0 Å². The zero-order valence-electron chi connectivity index (χ0n) is 16.5. The van der Waals surface area contributed by atoms with Crippen LogP contribution in [0, 0.1) is 10.1 Å². The molecule has 1 saturated heterocycles. The average Bonchev–Trinajstić information content (AvgIpc) is 2.75. The monoisotopic (exact) mass is 452 g/mol. The van der Waals surface area contributed by atoms with Crippen LogP contribution in [0.3, 0.4) is 0 Å². The average molecular weight is 452 g/mol. The van der Waals surface area contributed by atoms with Gasteiger partial charge in [-0.15, -0.1) is 0 Å². The lowest BCUT2D eigenvalue weighted by Gasteiger charge is -2.59. The van der Waals surface area contributed by atoms with E-state index in [-0.39, 0.29) is 30.3 Å². The van der Waals surface area contributed by atoms with E-state index >= 15 is 0 Å². The molecule has 32 heavy (non-hydrogen) atoms.